The minimum atomic E-state index is 0.0516. The van der Waals surface area contributed by atoms with Gasteiger partial charge in [-0.1, -0.05) is 24.3 Å². The Morgan fingerprint density at radius 3 is 2.50 bits per heavy atom. The quantitative estimate of drug-likeness (QED) is 0.515. The number of nitrogen functional groups attached to an aromatic ring is 1. The number of fused-ring (bicyclic) bond motifs is 1. The Balaban J connectivity index is 1.56. The summed E-state index contributed by atoms with van der Waals surface area (Å²) < 4.78 is 2.09. The van der Waals surface area contributed by atoms with Gasteiger partial charge in [-0.05, 0) is 43.0 Å². The molecule has 0 unspecified atom stereocenters. The van der Waals surface area contributed by atoms with E-state index in [0.29, 0.717) is 6.42 Å². The van der Waals surface area contributed by atoms with E-state index >= 15 is 0 Å². The molecule has 0 bridgehead atoms. The molecule has 7 nitrogen and oxygen atoms in total. The molecule has 1 aromatic heterocycles. The molecule has 1 saturated heterocycles. The summed E-state index contributed by atoms with van der Waals surface area (Å²) in [5.74, 6) is 1.02. The highest BCUT2D eigenvalue weighted by Crippen LogP contribution is 2.24. The summed E-state index contributed by atoms with van der Waals surface area (Å²) in [6.45, 7) is 1.67. The molecule has 0 radical (unpaired) electrons. The van der Waals surface area contributed by atoms with Crippen molar-refractivity contribution in [3.63, 3.8) is 0 Å². The van der Waals surface area contributed by atoms with Gasteiger partial charge in [0.25, 0.3) is 0 Å². The number of amidine groups is 1. The molecule has 3 aromatic rings. The number of benzene rings is 2. The van der Waals surface area contributed by atoms with Gasteiger partial charge in [0, 0.05) is 44.9 Å². The summed E-state index contributed by atoms with van der Waals surface area (Å²) in [7, 11) is 3.84. The fraction of sp³-hybridized carbons (Fsp3) is 0.348. The Morgan fingerprint density at radius 2 is 1.83 bits per heavy atom. The van der Waals surface area contributed by atoms with Crippen molar-refractivity contribution < 1.29 is 4.79 Å². The number of aromatic nitrogens is 2. The van der Waals surface area contributed by atoms with Gasteiger partial charge in [-0.2, -0.15) is 0 Å². The van der Waals surface area contributed by atoms with Crippen LogP contribution in [0, 0.1) is 5.41 Å². The van der Waals surface area contributed by atoms with Gasteiger partial charge in [0.2, 0.25) is 0 Å². The fourth-order valence-corrected chi connectivity index (χ4v) is 4.00. The smallest absolute Gasteiger partial charge is 0.324 e. The molecular formula is C23H28N6O. The van der Waals surface area contributed by atoms with Crippen molar-refractivity contribution in [2.24, 2.45) is 12.8 Å². The van der Waals surface area contributed by atoms with E-state index < -0.39 is 0 Å². The Morgan fingerprint density at radius 1 is 1.13 bits per heavy atom. The van der Waals surface area contributed by atoms with Crippen molar-refractivity contribution in [2.75, 3.05) is 25.0 Å². The minimum Gasteiger partial charge on any atom is -0.384 e. The van der Waals surface area contributed by atoms with Gasteiger partial charge in [-0.25, -0.2) is 9.78 Å². The lowest BCUT2D eigenvalue weighted by Crippen LogP contribution is -2.43. The fourth-order valence-electron chi connectivity index (χ4n) is 4.00. The molecule has 1 fully saturated rings. The molecule has 4 rings (SSSR count). The van der Waals surface area contributed by atoms with Crippen LogP contribution >= 0.6 is 0 Å². The molecule has 1 aliphatic heterocycles. The highest BCUT2D eigenvalue weighted by molar-refractivity contribution is 5.95. The van der Waals surface area contributed by atoms with Gasteiger partial charge < -0.3 is 15.2 Å². The first kappa shape index (κ1) is 19.9. The van der Waals surface area contributed by atoms with Gasteiger partial charge in [0.1, 0.15) is 11.7 Å². The first-order valence-corrected chi connectivity index (χ1v) is 10.4. The Kier molecular flexibility index (Phi) is 5.44. The van der Waals surface area contributed by atoms with Crippen LogP contribution in [0.15, 0.2) is 42.5 Å². The molecule has 7 heteroatoms. The second kappa shape index (κ2) is 8.18. The molecule has 0 saturated carbocycles. The van der Waals surface area contributed by atoms with Crippen LogP contribution in [0.3, 0.4) is 0 Å². The number of anilines is 1. The van der Waals surface area contributed by atoms with Gasteiger partial charge in [-0.3, -0.25) is 10.3 Å². The van der Waals surface area contributed by atoms with Crippen LogP contribution in [0.5, 0.6) is 0 Å². The van der Waals surface area contributed by atoms with E-state index in [-0.39, 0.29) is 11.9 Å². The van der Waals surface area contributed by atoms with E-state index in [1.807, 2.05) is 61.5 Å². The van der Waals surface area contributed by atoms with Gasteiger partial charge >= 0.3 is 6.03 Å². The lowest BCUT2D eigenvalue weighted by molar-refractivity contribution is 0.194. The number of nitrogens with one attached hydrogen (secondary N) is 1. The Bertz CT molecular complexity index is 1080. The number of nitrogens with zero attached hydrogens (tertiary/aromatic N) is 4. The zero-order valence-electron chi connectivity index (χ0n) is 17.6. The minimum absolute atomic E-state index is 0.0516. The molecule has 0 atom stereocenters. The molecular weight excluding hydrogens is 376 g/mol. The highest BCUT2D eigenvalue weighted by Gasteiger charge is 2.21. The maximum Gasteiger partial charge on any atom is 0.324 e. The third-order valence-corrected chi connectivity index (χ3v) is 5.89. The topological polar surface area (TPSA) is 91.2 Å². The predicted molar refractivity (Wildman–Crippen MR) is 120 cm³/mol. The van der Waals surface area contributed by atoms with E-state index in [0.717, 1.165) is 59.6 Å². The number of hydrogen-bond acceptors (Lipinski definition) is 3. The zero-order chi connectivity index (χ0) is 21.3. The molecule has 3 N–H and O–H groups in total. The molecule has 156 valence electrons. The standard InChI is InChI=1S/C23H28N6O/c1-27(23(30)29-12-4-3-5-13-29)18-10-11-20-19(15-18)26-21(28(20)2)14-16-6-8-17(9-7-16)22(24)25/h6-11,15H,3-5,12-14H2,1-2H3,(H3,24,25). The average molecular weight is 405 g/mol. The first-order valence-electron chi connectivity index (χ1n) is 10.4. The van der Waals surface area contributed by atoms with E-state index in [9.17, 15) is 4.79 Å². The number of piperidine rings is 1. The van der Waals surface area contributed by atoms with Gasteiger partial charge in [0.15, 0.2) is 0 Å². The summed E-state index contributed by atoms with van der Waals surface area (Å²) in [6.07, 6.45) is 4.04. The third kappa shape index (κ3) is 3.87. The summed E-state index contributed by atoms with van der Waals surface area (Å²) in [5, 5.41) is 7.51. The lowest BCUT2D eigenvalue weighted by atomic mass is 10.1. The van der Waals surface area contributed by atoms with Crippen LogP contribution in [-0.4, -0.2) is 46.5 Å². The largest absolute Gasteiger partial charge is 0.384 e. The molecule has 2 heterocycles. The second-order valence-corrected chi connectivity index (χ2v) is 7.94. The van der Waals surface area contributed by atoms with Crippen LogP contribution < -0.4 is 10.6 Å². The van der Waals surface area contributed by atoms with Crippen LogP contribution in [-0.2, 0) is 13.5 Å². The number of nitrogens with two attached hydrogens (primary N) is 1. The van der Waals surface area contributed by atoms with Crippen molar-refractivity contribution in [1.82, 2.24) is 14.5 Å². The first-order chi connectivity index (χ1) is 14.4. The number of carbonyl (C=O) groups excluding carboxylic acids is 1. The van der Waals surface area contributed by atoms with Crippen LogP contribution in [0.1, 0.15) is 36.2 Å². The van der Waals surface area contributed by atoms with Crippen LogP contribution in [0.2, 0.25) is 0 Å². The third-order valence-electron chi connectivity index (χ3n) is 5.89. The number of amides is 2. The maximum absolute atomic E-state index is 12.8. The van der Waals surface area contributed by atoms with E-state index in [2.05, 4.69) is 4.57 Å². The van der Waals surface area contributed by atoms with Crippen LogP contribution in [0.25, 0.3) is 11.0 Å². The Hall–Kier alpha value is -3.35. The Labute approximate surface area is 176 Å². The predicted octanol–water partition coefficient (Wildman–Crippen LogP) is 3.49. The average Bonchev–Trinajstić information content (AvgIpc) is 3.08. The SMILES string of the molecule is CN(C(=O)N1CCCCC1)c1ccc2c(c1)nc(Cc1ccc(C(=N)N)cc1)n2C. The van der Waals surface area contributed by atoms with Gasteiger partial charge in [0.05, 0.1) is 11.0 Å². The second-order valence-electron chi connectivity index (χ2n) is 7.94. The molecule has 0 aliphatic carbocycles. The molecule has 30 heavy (non-hydrogen) atoms. The zero-order valence-corrected chi connectivity index (χ0v) is 17.6. The lowest BCUT2D eigenvalue weighted by Gasteiger charge is -2.31. The monoisotopic (exact) mass is 404 g/mol. The van der Waals surface area contributed by atoms with E-state index in [1.165, 1.54) is 6.42 Å². The molecule has 1 aliphatic rings. The number of hydrogen-bond donors (Lipinski definition) is 2. The number of carbonyl (C=O) groups is 1. The molecule has 0 spiro atoms. The van der Waals surface area contributed by atoms with Crippen molar-refractivity contribution in [1.29, 1.82) is 5.41 Å². The highest BCUT2D eigenvalue weighted by atomic mass is 16.2. The summed E-state index contributed by atoms with van der Waals surface area (Å²) in [6, 6.07) is 13.7. The maximum atomic E-state index is 12.8. The number of aryl methyl sites for hydroxylation is 1. The summed E-state index contributed by atoms with van der Waals surface area (Å²) in [4.78, 5) is 21.3. The van der Waals surface area contributed by atoms with Crippen molar-refractivity contribution >= 4 is 28.6 Å². The molecule has 2 amide bonds. The molecule has 2 aromatic carbocycles. The van der Waals surface area contributed by atoms with E-state index in [4.69, 9.17) is 16.1 Å². The van der Waals surface area contributed by atoms with Crippen molar-refractivity contribution in [3.8, 4) is 0 Å². The van der Waals surface area contributed by atoms with Crippen LogP contribution in [0.4, 0.5) is 10.5 Å². The number of imidazole rings is 1. The summed E-state index contributed by atoms with van der Waals surface area (Å²) in [5.41, 5.74) is 10.1. The normalized spacial score (nSPS) is 14.1. The number of likely N-dealkylation sites (tertiary alicyclic amines) is 1. The van der Waals surface area contributed by atoms with E-state index in [1.54, 1.807) is 4.90 Å². The van der Waals surface area contributed by atoms with Crippen molar-refractivity contribution in [2.45, 2.75) is 25.7 Å². The number of urea groups is 1. The van der Waals surface area contributed by atoms with Gasteiger partial charge in [-0.15, -0.1) is 0 Å². The summed E-state index contributed by atoms with van der Waals surface area (Å²) >= 11 is 0. The van der Waals surface area contributed by atoms with Crippen molar-refractivity contribution in [3.05, 3.63) is 59.4 Å². The number of rotatable bonds is 4.